The van der Waals surface area contributed by atoms with Crippen LogP contribution in [0.15, 0.2) is 0 Å². The van der Waals surface area contributed by atoms with E-state index in [-0.39, 0.29) is 19.6 Å². The van der Waals surface area contributed by atoms with E-state index in [4.69, 9.17) is 19.7 Å². The van der Waals surface area contributed by atoms with Crippen molar-refractivity contribution in [2.75, 3.05) is 33.0 Å². The second-order valence-electron chi connectivity index (χ2n) is 5.22. The van der Waals surface area contributed by atoms with Crippen molar-refractivity contribution in [2.45, 2.75) is 42.5 Å². The molecule has 6 atom stereocenters. The summed E-state index contributed by atoms with van der Waals surface area (Å²) in [6, 6.07) is 0. The molecule has 0 amide bonds. The van der Waals surface area contributed by atoms with Crippen LogP contribution in [-0.2, 0) is 9.47 Å². The lowest BCUT2D eigenvalue weighted by molar-refractivity contribution is -0.200. The largest absolute Gasteiger partial charge is 0.394 e. The van der Waals surface area contributed by atoms with E-state index in [0.29, 0.717) is 0 Å². The Morgan fingerprint density at radius 1 is 1.10 bits per heavy atom. The van der Waals surface area contributed by atoms with Gasteiger partial charge in [-0.3, -0.25) is 0 Å². The van der Waals surface area contributed by atoms with Gasteiger partial charge in [0.15, 0.2) is 0 Å². The lowest BCUT2D eigenvalue weighted by atomic mass is 9.87. The minimum Gasteiger partial charge on any atom is -0.394 e. The molecule has 0 bridgehead atoms. The van der Waals surface area contributed by atoms with Crippen LogP contribution in [-0.4, -0.2) is 105 Å². The number of aliphatic hydroxyl groups is 7. The van der Waals surface area contributed by atoms with Gasteiger partial charge in [0.25, 0.3) is 0 Å². The standard InChI is InChI=1S/C12H24O9/c13-2-7(16)1-12(6-15,21-4-8(17)3-14)11-10(19)9(18)5-20-11/h7-11,13-19H,1-6H2/t7?,8?,9-,10+,11-,12+/m0/s1. The third-order valence-corrected chi connectivity index (χ3v) is 3.50. The van der Waals surface area contributed by atoms with Gasteiger partial charge >= 0.3 is 0 Å². The van der Waals surface area contributed by atoms with Crippen LogP contribution in [0.3, 0.4) is 0 Å². The van der Waals surface area contributed by atoms with Gasteiger partial charge in [0.1, 0.15) is 30.0 Å². The zero-order chi connectivity index (χ0) is 16.0. The second kappa shape index (κ2) is 8.32. The van der Waals surface area contributed by atoms with E-state index in [1.165, 1.54) is 0 Å². The van der Waals surface area contributed by atoms with Gasteiger partial charge in [0, 0.05) is 6.42 Å². The van der Waals surface area contributed by atoms with Crippen molar-refractivity contribution >= 4 is 0 Å². The molecule has 9 nitrogen and oxygen atoms in total. The summed E-state index contributed by atoms with van der Waals surface area (Å²) in [4.78, 5) is 0. The molecule has 0 aromatic heterocycles. The molecular weight excluding hydrogens is 288 g/mol. The fourth-order valence-corrected chi connectivity index (χ4v) is 2.30. The van der Waals surface area contributed by atoms with Crippen LogP contribution < -0.4 is 0 Å². The van der Waals surface area contributed by atoms with Crippen molar-refractivity contribution < 1.29 is 45.2 Å². The van der Waals surface area contributed by atoms with Crippen LogP contribution in [0.2, 0.25) is 0 Å². The van der Waals surface area contributed by atoms with Crippen LogP contribution in [0.5, 0.6) is 0 Å². The summed E-state index contributed by atoms with van der Waals surface area (Å²) in [5, 5.41) is 65.8. The van der Waals surface area contributed by atoms with E-state index in [9.17, 15) is 25.5 Å². The molecule has 0 aromatic carbocycles. The van der Waals surface area contributed by atoms with Crippen LogP contribution in [0.25, 0.3) is 0 Å². The third-order valence-electron chi connectivity index (χ3n) is 3.50. The predicted octanol–water partition coefficient (Wildman–Crippen LogP) is -4.05. The molecule has 1 saturated heterocycles. The van der Waals surface area contributed by atoms with Crippen molar-refractivity contribution in [2.24, 2.45) is 0 Å². The molecule has 7 N–H and O–H groups in total. The highest BCUT2D eigenvalue weighted by atomic mass is 16.6. The molecule has 0 aromatic rings. The van der Waals surface area contributed by atoms with Crippen molar-refractivity contribution in [1.82, 2.24) is 0 Å². The van der Waals surface area contributed by atoms with Crippen LogP contribution in [0, 0.1) is 0 Å². The molecular formula is C12H24O9. The third kappa shape index (κ3) is 4.55. The summed E-state index contributed by atoms with van der Waals surface area (Å²) < 4.78 is 10.6. The van der Waals surface area contributed by atoms with Crippen molar-refractivity contribution in [3.05, 3.63) is 0 Å². The monoisotopic (exact) mass is 312 g/mol. The van der Waals surface area contributed by atoms with Crippen molar-refractivity contribution in [3.8, 4) is 0 Å². The van der Waals surface area contributed by atoms with Crippen molar-refractivity contribution in [1.29, 1.82) is 0 Å². The van der Waals surface area contributed by atoms with Gasteiger partial charge in [-0.25, -0.2) is 0 Å². The summed E-state index contributed by atoms with van der Waals surface area (Å²) in [7, 11) is 0. The average molecular weight is 312 g/mol. The van der Waals surface area contributed by atoms with E-state index in [1.807, 2.05) is 0 Å². The quantitative estimate of drug-likeness (QED) is 0.225. The summed E-state index contributed by atoms with van der Waals surface area (Å²) in [6.07, 6.45) is -6.42. The second-order valence-corrected chi connectivity index (χ2v) is 5.22. The SMILES string of the molecule is OCC(O)CO[C@@](CO)(CC(O)CO)[C@H]1OC[C@H](O)[C@H]1O. The zero-order valence-electron chi connectivity index (χ0n) is 11.6. The van der Waals surface area contributed by atoms with Gasteiger partial charge in [-0.2, -0.15) is 0 Å². The molecule has 1 aliphatic rings. The molecule has 1 heterocycles. The molecule has 0 radical (unpaired) electrons. The average Bonchev–Trinajstić information content (AvgIpc) is 2.83. The highest BCUT2D eigenvalue weighted by Crippen LogP contribution is 2.32. The summed E-state index contributed by atoms with van der Waals surface area (Å²) >= 11 is 0. The number of rotatable bonds is 9. The number of hydrogen-bond acceptors (Lipinski definition) is 9. The Kier molecular flexibility index (Phi) is 7.40. The number of hydrogen-bond donors (Lipinski definition) is 7. The molecule has 1 fully saturated rings. The summed E-state index contributed by atoms with van der Waals surface area (Å²) in [5.41, 5.74) is -1.63. The van der Waals surface area contributed by atoms with Crippen LogP contribution in [0.1, 0.15) is 6.42 Å². The maximum Gasteiger partial charge on any atom is 0.122 e. The fourth-order valence-electron chi connectivity index (χ4n) is 2.30. The Morgan fingerprint density at radius 3 is 2.14 bits per heavy atom. The molecule has 0 spiro atoms. The lowest BCUT2D eigenvalue weighted by Gasteiger charge is -2.39. The first kappa shape index (κ1) is 18.7. The Balaban J connectivity index is 2.90. The van der Waals surface area contributed by atoms with Crippen LogP contribution in [0.4, 0.5) is 0 Å². The smallest absolute Gasteiger partial charge is 0.122 e. The molecule has 21 heavy (non-hydrogen) atoms. The minimum atomic E-state index is -1.63. The van der Waals surface area contributed by atoms with Crippen LogP contribution >= 0.6 is 0 Å². The van der Waals surface area contributed by atoms with Gasteiger partial charge in [-0.1, -0.05) is 0 Å². The highest BCUT2D eigenvalue weighted by molar-refractivity contribution is 5.00. The Labute approximate surface area is 122 Å². The van der Waals surface area contributed by atoms with E-state index >= 15 is 0 Å². The first-order valence-corrected chi connectivity index (χ1v) is 6.70. The van der Waals surface area contributed by atoms with E-state index in [0.717, 1.165) is 0 Å². The molecule has 0 aliphatic carbocycles. The van der Waals surface area contributed by atoms with Gasteiger partial charge < -0.3 is 45.2 Å². The summed E-state index contributed by atoms with van der Waals surface area (Å²) in [5.74, 6) is 0. The maximum absolute atomic E-state index is 9.91. The fraction of sp³-hybridized carbons (Fsp3) is 1.00. The molecule has 126 valence electrons. The number of ether oxygens (including phenoxy) is 2. The normalized spacial score (nSPS) is 31.9. The van der Waals surface area contributed by atoms with E-state index in [2.05, 4.69) is 0 Å². The first-order valence-electron chi connectivity index (χ1n) is 6.70. The van der Waals surface area contributed by atoms with Gasteiger partial charge in [-0.05, 0) is 0 Å². The van der Waals surface area contributed by atoms with Gasteiger partial charge in [-0.15, -0.1) is 0 Å². The molecule has 0 saturated carbocycles. The Morgan fingerprint density at radius 2 is 1.71 bits per heavy atom. The zero-order valence-corrected chi connectivity index (χ0v) is 11.6. The van der Waals surface area contributed by atoms with Gasteiger partial charge in [0.2, 0.25) is 0 Å². The first-order chi connectivity index (χ1) is 9.90. The molecule has 1 aliphatic heterocycles. The highest BCUT2D eigenvalue weighted by Gasteiger charge is 2.51. The summed E-state index contributed by atoms with van der Waals surface area (Å²) in [6.45, 7) is -2.40. The molecule has 1 rings (SSSR count). The lowest BCUT2D eigenvalue weighted by Crippen LogP contribution is -2.56. The molecule has 2 unspecified atom stereocenters. The Bertz CT molecular complexity index is 302. The maximum atomic E-state index is 9.91. The Hall–Kier alpha value is -0.360. The topological polar surface area (TPSA) is 160 Å². The van der Waals surface area contributed by atoms with E-state index in [1.54, 1.807) is 0 Å². The predicted molar refractivity (Wildman–Crippen MR) is 68.3 cm³/mol. The minimum absolute atomic E-state index is 0.172. The van der Waals surface area contributed by atoms with Gasteiger partial charge in [0.05, 0.1) is 39.1 Å². The number of aliphatic hydroxyl groups excluding tert-OH is 7. The molecule has 9 heteroatoms. The van der Waals surface area contributed by atoms with E-state index < -0.39 is 55.9 Å². The van der Waals surface area contributed by atoms with Crippen molar-refractivity contribution in [3.63, 3.8) is 0 Å².